The first-order valence-electron chi connectivity index (χ1n) is 7.56. The van der Waals surface area contributed by atoms with Gasteiger partial charge in [-0.3, -0.25) is 0 Å². The average molecular weight is 360 g/mol. The highest BCUT2D eigenvalue weighted by Gasteiger charge is 2.17. The molecule has 1 aromatic carbocycles. The fourth-order valence-electron chi connectivity index (χ4n) is 2.38. The molecule has 5 nitrogen and oxygen atoms in total. The summed E-state index contributed by atoms with van der Waals surface area (Å²) in [6.07, 6.45) is 0. The molecule has 0 saturated carbocycles. The molecule has 0 atom stereocenters. The Morgan fingerprint density at radius 2 is 2.00 bits per heavy atom. The summed E-state index contributed by atoms with van der Waals surface area (Å²) in [5, 5.41) is 4.48. The SMILES string of the molecule is Cc1cc(C)n(-c2ccc(Cl)c(C(=O)OCc3ccccc3F)n2)n1. The van der Waals surface area contributed by atoms with E-state index >= 15 is 0 Å². The van der Waals surface area contributed by atoms with Gasteiger partial charge in [0.05, 0.1) is 10.7 Å². The van der Waals surface area contributed by atoms with Gasteiger partial charge in [-0.15, -0.1) is 0 Å². The monoisotopic (exact) mass is 359 g/mol. The first kappa shape index (κ1) is 17.1. The quantitative estimate of drug-likeness (QED) is 0.660. The smallest absolute Gasteiger partial charge is 0.358 e. The van der Waals surface area contributed by atoms with Gasteiger partial charge in [0.25, 0.3) is 0 Å². The lowest BCUT2D eigenvalue weighted by atomic mass is 10.2. The van der Waals surface area contributed by atoms with E-state index in [1.165, 1.54) is 6.07 Å². The van der Waals surface area contributed by atoms with Crippen molar-refractivity contribution in [2.75, 3.05) is 0 Å². The minimum Gasteiger partial charge on any atom is -0.456 e. The molecule has 0 radical (unpaired) electrons. The molecule has 7 heteroatoms. The van der Waals surface area contributed by atoms with E-state index in [4.69, 9.17) is 16.3 Å². The Morgan fingerprint density at radius 1 is 1.24 bits per heavy atom. The Morgan fingerprint density at radius 3 is 2.68 bits per heavy atom. The number of carbonyl (C=O) groups is 1. The molecule has 0 bridgehead atoms. The summed E-state index contributed by atoms with van der Waals surface area (Å²) < 4.78 is 20.4. The molecule has 0 N–H and O–H groups in total. The number of benzene rings is 1. The molecule has 2 aromatic heterocycles. The van der Waals surface area contributed by atoms with Gasteiger partial charge in [-0.05, 0) is 38.1 Å². The van der Waals surface area contributed by atoms with Crippen LogP contribution in [0, 0.1) is 19.7 Å². The van der Waals surface area contributed by atoms with Crippen molar-refractivity contribution < 1.29 is 13.9 Å². The van der Waals surface area contributed by atoms with Crippen molar-refractivity contribution in [3.8, 4) is 5.82 Å². The number of ether oxygens (including phenoxy) is 1. The van der Waals surface area contributed by atoms with Gasteiger partial charge in [0.2, 0.25) is 0 Å². The Kier molecular flexibility index (Phi) is 4.81. The van der Waals surface area contributed by atoms with Crippen LogP contribution in [0.1, 0.15) is 27.4 Å². The minimum atomic E-state index is -0.725. The molecule has 0 aliphatic heterocycles. The number of nitrogens with zero attached hydrogens (tertiary/aromatic N) is 3. The summed E-state index contributed by atoms with van der Waals surface area (Å²) >= 11 is 6.07. The van der Waals surface area contributed by atoms with Crippen LogP contribution in [0.3, 0.4) is 0 Å². The highest BCUT2D eigenvalue weighted by molar-refractivity contribution is 6.33. The van der Waals surface area contributed by atoms with E-state index < -0.39 is 11.8 Å². The van der Waals surface area contributed by atoms with E-state index in [2.05, 4.69) is 10.1 Å². The number of hydrogen-bond acceptors (Lipinski definition) is 4. The second-order valence-corrected chi connectivity index (χ2v) is 5.91. The second-order valence-electron chi connectivity index (χ2n) is 5.51. The van der Waals surface area contributed by atoms with E-state index in [-0.39, 0.29) is 22.9 Å². The number of halogens is 2. The molecule has 0 saturated heterocycles. The van der Waals surface area contributed by atoms with Crippen molar-refractivity contribution in [2.45, 2.75) is 20.5 Å². The predicted octanol–water partition coefficient (Wildman–Crippen LogP) is 4.03. The number of aryl methyl sites for hydroxylation is 2. The summed E-state index contributed by atoms with van der Waals surface area (Å²) in [4.78, 5) is 16.6. The van der Waals surface area contributed by atoms with Crippen molar-refractivity contribution in [2.24, 2.45) is 0 Å². The third kappa shape index (κ3) is 3.69. The van der Waals surface area contributed by atoms with Crippen LogP contribution >= 0.6 is 11.6 Å². The molecular weight excluding hydrogens is 345 g/mol. The summed E-state index contributed by atoms with van der Waals surface area (Å²) in [6.45, 7) is 3.54. The Bertz CT molecular complexity index is 940. The third-order valence-corrected chi connectivity index (χ3v) is 3.87. The Labute approximate surface area is 149 Å². The van der Waals surface area contributed by atoms with Gasteiger partial charge >= 0.3 is 5.97 Å². The van der Waals surface area contributed by atoms with Crippen LogP contribution in [0.5, 0.6) is 0 Å². The molecule has 0 spiro atoms. The number of rotatable bonds is 4. The lowest BCUT2D eigenvalue weighted by Crippen LogP contribution is -2.12. The maximum Gasteiger partial charge on any atom is 0.358 e. The lowest BCUT2D eigenvalue weighted by molar-refractivity contribution is 0.0462. The molecule has 0 fully saturated rings. The Balaban J connectivity index is 1.84. The normalized spacial score (nSPS) is 10.7. The predicted molar refractivity (Wildman–Crippen MR) is 91.4 cm³/mol. The van der Waals surface area contributed by atoms with E-state index in [0.29, 0.717) is 5.82 Å². The van der Waals surface area contributed by atoms with Gasteiger partial charge in [0, 0.05) is 11.3 Å². The minimum absolute atomic E-state index is 0.0388. The van der Waals surface area contributed by atoms with Crippen LogP contribution in [-0.2, 0) is 11.3 Å². The number of hydrogen-bond donors (Lipinski definition) is 0. The van der Waals surface area contributed by atoms with Crippen LogP contribution in [-0.4, -0.2) is 20.7 Å². The number of esters is 1. The van der Waals surface area contributed by atoms with Gasteiger partial charge < -0.3 is 4.74 Å². The third-order valence-electron chi connectivity index (χ3n) is 3.57. The molecule has 0 unspecified atom stereocenters. The van der Waals surface area contributed by atoms with E-state index in [0.717, 1.165) is 11.4 Å². The zero-order valence-corrected chi connectivity index (χ0v) is 14.4. The molecule has 25 heavy (non-hydrogen) atoms. The largest absolute Gasteiger partial charge is 0.456 e. The van der Waals surface area contributed by atoms with Gasteiger partial charge in [-0.25, -0.2) is 18.9 Å². The number of aromatic nitrogens is 3. The van der Waals surface area contributed by atoms with Gasteiger partial charge in [0.1, 0.15) is 12.4 Å². The van der Waals surface area contributed by atoms with Crippen LogP contribution in [0.15, 0.2) is 42.5 Å². The summed E-state index contributed by atoms with van der Waals surface area (Å²) in [6, 6.07) is 11.2. The van der Waals surface area contributed by atoms with Crippen LogP contribution in [0.25, 0.3) is 5.82 Å². The fraction of sp³-hybridized carbons (Fsp3) is 0.167. The molecular formula is C18H15ClFN3O2. The van der Waals surface area contributed by atoms with E-state index in [9.17, 15) is 9.18 Å². The molecule has 0 aliphatic rings. The van der Waals surface area contributed by atoms with Crippen molar-refractivity contribution in [3.63, 3.8) is 0 Å². The zero-order valence-electron chi connectivity index (χ0n) is 13.7. The molecule has 3 aromatic rings. The maximum atomic E-state index is 13.6. The average Bonchev–Trinajstić information content (AvgIpc) is 2.92. The highest BCUT2D eigenvalue weighted by Crippen LogP contribution is 2.19. The molecule has 0 aliphatic carbocycles. The second kappa shape index (κ2) is 7.03. The molecule has 128 valence electrons. The van der Waals surface area contributed by atoms with E-state index in [1.807, 2.05) is 19.9 Å². The first-order chi connectivity index (χ1) is 12.0. The van der Waals surface area contributed by atoms with Gasteiger partial charge in [-0.2, -0.15) is 5.10 Å². The van der Waals surface area contributed by atoms with Gasteiger partial charge in [-0.1, -0.05) is 29.8 Å². The number of carbonyl (C=O) groups excluding carboxylic acids is 1. The topological polar surface area (TPSA) is 57.0 Å². The van der Waals surface area contributed by atoms with Gasteiger partial charge in [0.15, 0.2) is 11.5 Å². The number of pyridine rings is 1. The highest BCUT2D eigenvalue weighted by atomic mass is 35.5. The van der Waals surface area contributed by atoms with Crippen LogP contribution in [0.4, 0.5) is 4.39 Å². The summed E-state index contributed by atoms with van der Waals surface area (Å²) in [5.74, 6) is -0.713. The molecule has 3 rings (SSSR count). The fourth-order valence-corrected chi connectivity index (χ4v) is 2.56. The maximum absolute atomic E-state index is 13.6. The van der Waals surface area contributed by atoms with Crippen molar-refractivity contribution >= 4 is 17.6 Å². The molecule has 2 heterocycles. The van der Waals surface area contributed by atoms with E-state index in [1.54, 1.807) is 35.0 Å². The summed E-state index contributed by atoms with van der Waals surface area (Å²) in [7, 11) is 0. The standard InChI is InChI=1S/C18H15ClFN3O2/c1-11-9-12(2)23(22-11)16-8-7-14(19)17(21-16)18(24)25-10-13-5-3-4-6-15(13)20/h3-9H,10H2,1-2H3. The van der Waals surface area contributed by atoms with Crippen molar-refractivity contribution in [1.29, 1.82) is 0 Å². The van der Waals surface area contributed by atoms with Crippen molar-refractivity contribution in [3.05, 3.63) is 75.9 Å². The molecule has 0 amide bonds. The van der Waals surface area contributed by atoms with Crippen molar-refractivity contribution in [1.82, 2.24) is 14.8 Å². The van der Waals surface area contributed by atoms with Crippen LogP contribution in [0.2, 0.25) is 5.02 Å². The zero-order chi connectivity index (χ0) is 18.0. The van der Waals surface area contributed by atoms with Crippen LogP contribution < -0.4 is 0 Å². The first-order valence-corrected chi connectivity index (χ1v) is 7.94. The Hall–Kier alpha value is -2.73. The summed E-state index contributed by atoms with van der Waals surface area (Å²) in [5.41, 5.74) is 1.95. The lowest BCUT2D eigenvalue weighted by Gasteiger charge is -2.09.